The minimum absolute atomic E-state index is 0.0777. The van der Waals surface area contributed by atoms with Gasteiger partial charge in [0, 0.05) is 17.5 Å². The summed E-state index contributed by atoms with van der Waals surface area (Å²) in [7, 11) is 0. The van der Waals surface area contributed by atoms with Gasteiger partial charge >= 0.3 is 0 Å². The molecule has 1 aromatic heterocycles. The molecule has 2 nitrogen and oxygen atoms in total. The Hall–Kier alpha value is -0.540. The quantitative estimate of drug-likeness (QED) is 0.726. The summed E-state index contributed by atoms with van der Waals surface area (Å²) in [5.74, 6) is 0. The Kier molecular flexibility index (Phi) is 3.12. The van der Waals surface area contributed by atoms with E-state index in [9.17, 15) is 0 Å². The zero-order chi connectivity index (χ0) is 9.03. The van der Waals surface area contributed by atoms with Crippen molar-refractivity contribution in [1.29, 1.82) is 0 Å². The molecule has 0 saturated heterocycles. The average molecular weight is 182 g/mol. The van der Waals surface area contributed by atoms with Crippen LogP contribution in [0.3, 0.4) is 0 Å². The van der Waals surface area contributed by atoms with Gasteiger partial charge in [-0.2, -0.15) is 0 Å². The van der Waals surface area contributed by atoms with E-state index >= 15 is 0 Å². The van der Waals surface area contributed by atoms with E-state index in [4.69, 9.17) is 5.73 Å². The molecule has 0 saturated carbocycles. The first-order valence-corrected chi connectivity index (χ1v) is 4.76. The first-order valence-electron chi connectivity index (χ1n) is 3.94. The van der Waals surface area contributed by atoms with Gasteiger partial charge in [0.1, 0.15) is 0 Å². The maximum absolute atomic E-state index is 5.61. The summed E-state index contributed by atoms with van der Waals surface area (Å²) in [6, 6.07) is 5.91. The molecule has 0 bridgehead atoms. The molecule has 0 aliphatic heterocycles. The fourth-order valence-electron chi connectivity index (χ4n) is 0.732. The number of pyridine rings is 1. The van der Waals surface area contributed by atoms with Crippen molar-refractivity contribution in [2.75, 3.05) is 6.54 Å². The van der Waals surface area contributed by atoms with Crippen LogP contribution >= 0.6 is 11.8 Å². The summed E-state index contributed by atoms with van der Waals surface area (Å²) >= 11 is 1.71. The van der Waals surface area contributed by atoms with E-state index < -0.39 is 0 Å². The highest BCUT2D eigenvalue weighted by molar-refractivity contribution is 8.00. The Morgan fingerprint density at radius 1 is 1.50 bits per heavy atom. The van der Waals surface area contributed by atoms with Gasteiger partial charge < -0.3 is 5.73 Å². The number of nitrogens with two attached hydrogens (primary N) is 1. The number of thioether (sulfide) groups is 1. The normalized spacial score (nSPS) is 11.6. The topological polar surface area (TPSA) is 38.9 Å². The second-order valence-corrected chi connectivity index (χ2v) is 4.96. The van der Waals surface area contributed by atoms with E-state index in [-0.39, 0.29) is 4.75 Å². The zero-order valence-corrected chi connectivity index (χ0v) is 8.27. The van der Waals surface area contributed by atoms with Crippen molar-refractivity contribution >= 4 is 11.8 Å². The largest absolute Gasteiger partial charge is 0.329 e. The number of rotatable bonds is 3. The highest BCUT2D eigenvalue weighted by Crippen LogP contribution is 2.29. The average Bonchev–Trinajstić information content (AvgIpc) is 2.06. The third kappa shape index (κ3) is 2.83. The monoisotopic (exact) mass is 182 g/mol. The Labute approximate surface area is 77.6 Å². The molecule has 1 rings (SSSR count). The first-order chi connectivity index (χ1) is 5.64. The third-order valence-corrected chi connectivity index (χ3v) is 2.68. The molecule has 12 heavy (non-hydrogen) atoms. The molecule has 1 aromatic rings. The van der Waals surface area contributed by atoms with Gasteiger partial charge in [0.25, 0.3) is 0 Å². The maximum Gasteiger partial charge on any atom is 0.0965 e. The highest BCUT2D eigenvalue weighted by atomic mass is 32.2. The van der Waals surface area contributed by atoms with Gasteiger partial charge in [-0.05, 0) is 26.0 Å². The van der Waals surface area contributed by atoms with Crippen molar-refractivity contribution in [3.05, 3.63) is 24.4 Å². The highest BCUT2D eigenvalue weighted by Gasteiger charge is 2.17. The van der Waals surface area contributed by atoms with Gasteiger partial charge in [0.05, 0.1) is 5.03 Å². The summed E-state index contributed by atoms with van der Waals surface area (Å²) < 4.78 is 0.0777. The van der Waals surface area contributed by atoms with Crippen LogP contribution in [0.25, 0.3) is 0 Å². The summed E-state index contributed by atoms with van der Waals surface area (Å²) in [4.78, 5) is 4.22. The SMILES string of the molecule is CC(C)(CN)Sc1ccccn1. The second kappa shape index (κ2) is 3.92. The molecule has 0 atom stereocenters. The summed E-state index contributed by atoms with van der Waals surface area (Å²) in [5.41, 5.74) is 5.61. The van der Waals surface area contributed by atoms with Crippen molar-refractivity contribution in [1.82, 2.24) is 4.98 Å². The van der Waals surface area contributed by atoms with E-state index in [1.807, 2.05) is 18.2 Å². The Bertz CT molecular complexity index is 234. The lowest BCUT2D eigenvalue weighted by Crippen LogP contribution is -2.26. The number of hydrogen-bond acceptors (Lipinski definition) is 3. The third-order valence-electron chi connectivity index (χ3n) is 1.51. The number of nitrogens with zero attached hydrogens (tertiary/aromatic N) is 1. The molecule has 0 amide bonds. The van der Waals surface area contributed by atoms with E-state index in [2.05, 4.69) is 18.8 Å². The lowest BCUT2D eigenvalue weighted by Gasteiger charge is -2.20. The van der Waals surface area contributed by atoms with E-state index in [0.29, 0.717) is 6.54 Å². The molecule has 0 unspecified atom stereocenters. The molecular formula is C9H14N2S. The van der Waals surface area contributed by atoms with Crippen LogP contribution in [0.5, 0.6) is 0 Å². The van der Waals surface area contributed by atoms with Crippen LogP contribution in [0.2, 0.25) is 0 Å². The van der Waals surface area contributed by atoms with Crippen LogP contribution in [0.1, 0.15) is 13.8 Å². The fraction of sp³-hybridized carbons (Fsp3) is 0.444. The van der Waals surface area contributed by atoms with Crippen LogP contribution in [0, 0.1) is 0 Å². The van der Waals surface area contributed by atoms with Crippen LogP contribution in [-0.2, 0) is 0 Å². The van der Waals surface area contributed by atoms with Crippen LogP contribution in [0.15, 0.2) is 29.4 Å². The van der Waals surface area contributed by atoms with Crippen molar-refractivity contribution in [3.63, 3.8) is 0 Å². The molecule has 66 valence electrons. The van der Waals surface area contributed by atoms with Crippen LogP contribution in [-0.4, -0.2) is 16.3 Å². The van der Waals surface area contributed by atoms with Gasteiger partial charge in [-0.15, -0.1) is 0 Å². The molecule has 0 radical (unpaired) electrons. The van der Waals surface area contributed by atoms with Gasteiger partial charge in [0.15, 0.2) is 0 Å². The van der Waals surface area contributed by atoms with Crippen molar-refractivity contribution in [2.24, 2.45) is 5.73 Å². The van der Waals surface area contributed by atoms with E-state index in [0.717, 1.165) is 5.03 Å². The molecular weight excluding hydrogens is 168 g/mol. The van der Waals surface area contributed by atoms with Crippen molar-refractivity contribution in [2.45, 2.75) is 23.6 Å². The maximum atomic E-state index is 5.61. The number of aromatic nitrogens is 1. The number of hydrogen-bond donors (Lipinski definition) is 1. The van der Waals surface area contributed by atoms with Crippen LogP contribution in [0.4, 0.5) is 0 Å². The molecule has 0 aromatic carbocycles. The van der Waals surface area contributed by atoms with Crippen LogP contribution < -0.4 is 5.73 Å². The van der Waals surface area contributed by atoms with Gasteiger partial charge in [-0.25, -0.2) is 4.98 Å². The Morgan fingerprint density at radius 3 is 2.75 bits per heavy atom. The Morgan fingerprint density at radius 2 is 2.25 bits per heavy atom. The second-order valence-electron chi connectivity index (χ2n) is 3.23. The molecule has 2 N–H and O–H groups in total. The lowest BCUT2D eigenvalue weighted by atomic mass is 10.2. The summed E-state index contributed by atoms with van der Waals surface area (Å²) in [6.45, 7) is 4.90. The summed E-state index contributed by atoms with van der Waals surface area (Å²) in [6.07, 6.45) is 1.80. The Balaban J connectivity index is 2.64. The van der Waals surface area contributed by atoms with Crippen molar-refractivity contribution in [3.8, 4) is 0 Å². The molecule has 0 spiro atoms. The summed E-state index contributed by atoms with van der Waals surface area (Å²) in [5, 5.41) is 1.04. The molecule has 1 heterocycles. The first kappa shape index (κ1) is 9.55. The lowest BCUT2D eigenvalue weighted by molar-refractivity contribution is 0.721. The molecule has 0 fully saturated rings. The van der Waals surface area contributed by atoms with Gasteiger partial charge in [0.2, 0.25) is 0 Å². The minimum atomic E-state index is 0.0777. The standard InChI is InChI=1S/C9H14N2S/c1-9(2,7-10)12-8-5-3-4-6-11-8/h3-6H,7,10H2,1-2H3. The van der Waals surface area contributed by atoms with Gasteiger partial charge in [-0.3, -0.25) is 0 Å². The van der Waals surface area contributed by atoms with E-state index in [1.54, 1.807) is 18.0 Å². The zero-order valence-electron chi connectivity index (χ0n) is 7.45. The minimum Gasteiger partial charge on any atom is -0.329 e. The smallest absolute Gasteiger partial charge is 0.0965 e. The predicted molar refractivity (Wildman–Crippen MR) is 53.2 cm³/mol. The van der Waals surface area contributed by atoms with E-state index in [1.165, 1.54) is 0 Å². The van der Waals surface area contributed by atoms with Crippen molar-refractivity contribution < 1.29 is 0 Å². The molecule has 0 aliphatic rings. The van der Waals surface area contributed by atoms with Gasteiger partial charge in [-0.1, -0.05) is 17.8 Å². The fourth-order valence-corrected chi connectivity index (χ4v) is 1.64. The molecule has 3 heteroatoms. The predicted octanol–water partition coefficient (Wildman–Crippen LogP) is 1.91. The molecule has 0 aliphatic carbocycles.